The first-order valence-electron chi connectivity index (χ1n) is 5.11. The van der Waals surface area contributed by atoms with Crippen molar-refractivity contribution in [3.8, 4) is 0 Å². The van der Waals surface area contributed by atoms with Gasteiger partial charge in [0.25, 0.3) is 0 Å². The number of sulfone groups is 1. The lowest BCUT2D eigenvalue weighted by molar-refractivity contribution is 0.600. The van der Waals surface area contributed by atoms with E-state index in [4.69, 9.17) is 5.73 Å². The predicted octanol–water partition coefficient (Wildman–Crippen LogP) is 1.67. The highest BCUT2D eigenvalue weighted by Gasteiger charge is 2.01. The SMILES string of the molecule is CS(=O)(=O)CCCSc1ccc(CN)cc1. The van der Waals surface area contributed by atoms with Crippen molar-refractivity contribution in [3.63, 3.8) is 0 Å². The molecule has 0 aromatic heterocycles. The molecule has 1 aromatic rings. The molecule has 1 rings (SSSR count). The first kappa shape index (κ1) is 13.5. The molecule has 3 nitrogen and oxygen atoms in total. The van der Waals surface area contributed by atoms with Crippen LogP contribution in [0.2, 0.25) is 0 Å². The molecule has 0 aliphatic carbocycles. The molecule has 0 spiro atoms. The van der Waals surface area contributed by atoms with Crippen molar-refractivity contribution in [1.82, 2.24) is 0 Å². The number of hydrogen-bond acceptors (Lipinski definition) is 4. The molecule has 0 aliphatic heterocycles. The Labute approximate surface area is 101 Å². The smallest absolute Gasteiger partial charge is 0.147 e. The van der Waals surface area contributed by atoms with Gasteiger partial charge in [0, 0.05) is 17.7 Å². The molecule has 0 unspecified atom stereocenters. The number of nitrogens with two attached hydrogens (primary N) is 1. The van der Waals surface area contributed by atoms with E-state index in [0.717, 1.165) is 16.2 Å². The molecule has 0 bridgehead atoms. The second kappa shape index (κ2) is 6.27. The second-order valence-corrected chi connectivity index (χ2v) is 7.11. The molecule has 5 heteroatoms. The number of benzene rings is 1. The van der Waals surface area contributed by atoms with E-state index in [0.29, 0.717) is 13.0 Å². The highest BCUT2D eigenvalue weighted by Crippen LogP contribution is 2.19. The Morgan fingerprint density at radius 2 is 1.88 bits per heavy atom. The molecular formula is C11H17NO2S2. The highest BCUT2D eigenvalue weighted by atomic mass is 32.2. The largest absolute Gasteiger partial charge is 0.326 e. The third-order valence-corrected chi connectivity index (χ3v) is 4.22. The van der Waals surface area contributed by atoms with Crippen molar-refractivity contribution in [2.24, 2.45) is 5.73 Å². The van der Waals surface area contributed by atoms with Crippen LogP contribution in [0.15, 0.2) is 29.2 Å². The van der Waals surface area contributed by atoms with Crippen LogP contribution in [-0.2, 0) is 16.4 Å². The van der Waals surface area contributed by atoms with Crippen LogP contribution in [0.3, 0.4) is 0 Å². The first-order chi connectivity index (χ1) is 7.51. The van der Waals surface area contributed by atoms with E-state index in [-0.39, 0.29) is 5.75 Å². The standard InChI is InChI=1S/C11H17NO2S2/c1-16(13,14)8-2-7-15-11-5-3-10(9-12)4-6-11/h3-6H,2,7-9,12H2,1H3. The summed E-state index contributed by atoms with van der Waals surface area (Å²) in [7, 11) is -2.82. The van der Waals surface area contributed by atoms with Crippen molar-refractivity contribution in [2.75, 3.05) is 17.8 Å². The fourth-order valence-corrected chi connectivity index (χ4v) is 2.94. The molecule has 90 valence electrons. The minimum absolute atomic E-state index is 0.265. The minimum Gasteiger partial charge on any atom is -0.326 e. The average Bonchev–Trinajstić information content (AvgIpc) is 2.24. The number of hydrogen-bond donors (Lipinski definition) is 1. The molecule has 2 N–H and O–H groups in total. The lowest BCUT2D eigenvalue weighted by Gasteiger charge is -2.02. The van der Waals surface area contributed by atoms with Gasteiger partial charge in [0.2, 0.25) is 0 Å². The molecule has 0 amide bonds. The van der Waals surface area contributed by atoms with Gasteiger partial charge in [-0.15, -0.1) is 11.8 Å². The Bertz CT molecular complexity index is 412. The molecule has 1 aromatic carbocycles. The summed E-state index contributed by atoms with van der Waals surface area (Å²) in [6.07, 6.45) is 1.97. The van der Waals surface area contributed by atoms with Gasteiger partial charge < -0.3 is 5.73 Å². The normalized spacial score (nSPS) is 11.6. The lowest BCUT2D eigenvalue weighted by Crippen LogP contribution is -2.03. The first-order valence-corrected chi connectivity index (χ1v) is 8.15. The maximum atomic E-state index is 10.9. The third kappa shape index (κ3) is 5.53. The van der Waals surface area contributed by atoms with Crippen LogP contribution in [0.5, 0.6) is 0 Å². The fourth-order valence-electron chi connectivity index (χ4n) is 1.23. The Balaban J connectivity index is 2.32. The molecule has 0 fully saturated rings. The van der Waals surface area contributed by atoms with E-state index in [9.17, 15) is 8.42 Å². The molecule has 0 saturated carbocycles. The molecule has 0 heterocycles. The maximum absolute atomic E-state index is 10.9. The summed E-state index contributed by atoms with van der Waals surface area (Å²) in [5.74, 6) is 1.09. The Morgan fingerprint density at radius 3 is 2.38 bits per heavy atom. The number of rotatable bonds is 6. The Kier molecular flexibility index (Phi) is 5.31. The van der Waals surface area contributed by atoms with E-state index >= 15 is 0 Å². The molecule has 16 heavy (non-hydrogen) atoms. The van der Waals surface area contributed by atoms with Crippen molar-refractivity contribution in [2.45, 2.75) is 17.9 Å². The predicted molar refractivity (Wildman–Crippen MR) is 69.4 cm³/mol. The summed E-state index contributed by atoms with van der Waals surface area (Å²) < 4.78 is 21.8. The van der Waals surface area contributed by atoms with Gasteiger partial charge in [-0.2, -0.15) is 0 Å². The van der Waals surface area contributed by atoms with Crippen LogP contribution in [0, 0.1) is 0 Å². The summed E-state index contributed by atoms with van der Waals surface area (Å²) in [5.41, 5.74) is 6.61. The van der Waals surface area contributed by atoms with Crippen molar-refractivity contribution in [3.05, 3.63) is 29.8 Å². The fraction of sp³-hybridized carbons (Fsp3) is 0.455. The summed E-state index contributed by atoms with van der Waals surface area (Å²) in [4.78, 5) is 1.16. The van der Waals surface area contributed by atoms with Crippen LogP contribution < -0.4 is 5.73 Å². The molecule has 0 aliphatic rings. The Morgan fingerprint density at radius 1 is 1.25 bits per heavy atom. The minimum atomic E-state index is -2.82. The molecular weight excluding hydrogens is 242 g/mol. The van der Waals surface area contributed by atoms with Gasteiger partial charge in [-0.05, 0) is 29.9 Å². The van der Waals surface area contributed by atoms with Gasteiger partial charge in [-0.25, -0.2) is 8.42 Å². The monoisotopic (exact) mass is 259 g/mol. The van der Waals surface area contributed by atoms with Crippen LogP contribution in [0.1, 0.15) is 12.0 Å². The van der Waals surface area contributed by atoms with Gasteiger partial charge >= 0.3 is 0 Å². The Hall–Kier alpha value is -0.520. The van der Waals surface area contributed by atoms with Crippen LogP contribution in [0.25, 0.3) is 0 Å². The number of thioether (sulfide) groups is 1. The van der Waals surface area contributed by atoms with Gasteiger partial charge in [-0.3, -0.25) is 0 Å². The van der Waals surface area contributed by atoms with E-state index in [1.54, 1.807) is 11.8 Å². The summed E-state index contributed by atoms with van der Waals surface area (Å²) in [6.45, 7) is 0.555. The average molecular weight is 259 g/mol. The maximum Gasteiger partial charge on any atom is 0.147 e. The van der Waals surface area contributed by atoms with Gasteiger partial charge in [-0.1, -0.05) is 12.1 Å². The van der Waals surface area contributed by atoms with Gasteiger partial charge in [0.1, 0.15) is 9.84 Å². The molecule has 0 radical (unpaired) electrons. The van der Waals surface area contributed by atoms with Crippen LogP contribution >= 0.6 is 11.8 Å². The highest BCUT2D eigenvalue weighted by molar-refractivity contribution is 7.99. The van der Waals surface area contributed by atoms with Gasteiger partial charge in [0.15, 0.2) is 0 Å². The summed E-state index contributed by atoms with van der Waals surface area (Å²) in [6, 6.07) is 8.04. The van der Waals surface area contributed by atoms with E-state index in [1.165, 1.54) is 6.26 Å². The topological polar surface area (TPSA) is 60.2 Å². The zero-order valence-corrected chi connectivity index (χ0v) is 11.0. The van der Waals surface area contributed by atoms with Crippen molar-refractivity contribution < 1.29 is 8.42 Å². The third-order valence-electron chi connectivity index (χ3n) is 2.09. The quantitative estimate of drug-likeness (QED) is 0.623. The van der Waals surface area contributed by atoms with Gasteiger partial charge in [0.05, 0.1) is 5.75 Å². The summed E-state index contributed by atoms with van der Waals surface area (Å²) in [5, 5.41) is 0. The molecule has 0 saturated heterocycles. The van der Waals surface area contributed by atoms with E-state index in [1.807, 2.05) is 24.3 Å². The zero-order valence-electron chi connectivity index (χ0n) is 9.35. The van der Waals surface area contributed by atoms with E-state index < -0.39 is 9.84 Å². The van der Waals surface area contributed by atoms with Crippen LogP contribution in [-0.4, -0.2) is 26.2 Å². The lowest BCUT2D eigenvalue weighted by atomic mass is 10.2. The summed E-state index contributed by atoms with van der Waals surface area (Å²) >= 11 is 1.68. The second-order valence-electron chi connectivity index (χ2n) is 3.68. The zero-order chi connectivity index (χ0) is 12.0. The van der Waals surface area contributed by atoms with Crippen molar-refractivity contribution >= 4 is 21.6 Å². The van der Waals surface area contributed by atoms with Crippen molar-refractivity contribution in [1.29, 1.82) is 0 Å². The molecule has 0 atom stereocenters. The van der Waals surface area contributed by atoms with E-state index in [2.05, 4.69) is 0 Å². The van der Waals surface area contributed by atoms with Crippen LogP contribution in [0.4, 0.5) is 0 Å².